The molecule has 0 saturated heterocycles. The number of hydrogen-bond acceptors (Lipinski definition) is 10. The summed E-state index contributed by atoms with van der Waals surface area (Å²) in [6.45, 7) is 0. The Kier molecular flexibility index (Phi) is 7.74. The number of ether oxygens (including phenoxy) is 2. The van der Waals surface area contributed by atoms with Gasteiger partial charge in [-0.3, -0.25) is 25.0 Å². The number of methoxy groups -OCH3 is 2. The van der Waals surface area contributed by atoms with E-state index in [1.54, 1.807) is 0 Å². The quantitative estimate of drug-likeness (QED) is 0.198. The van der Waals surface area contributed by atoms with Crippen LogP contribution in [0.2, 0.25) is 0 Å². The van der Waals surface area contributed by atoms with E-state index in [1.807, 2.05) is 0 Å². The van der Waals surface area contributed by atoms with Gasteiger partial charge in [0.15, 0.2) is 15.8 Å². The zero-order valence-electron chi connectivity index (χ0n) is 17.2. The lowest BCUT2D eigenvalue weighted by atomic mass is 10.1. The average molecular weight is 493 g/mol. The highest BCUT2D eigenvalue weighted by Gasteiger charge is 2.25. The Morgan fingerprint density at radius 3 is 2.42 bits per heavy atom. The fraction of sp³-hybridized carbons (Fsp3) is 0.158. The minimum Gasteiger partial charge on any atom is -0.493 e. The average Bonchev–Trinajstić information content (AvgIpc) is 3.25. The van der Waals surface area contributed by atoms with Crippen molar-refractivity contribution in [1.82, 2.24) is 10.2 Å². The second-order valence-corrected chi connectivity index (χ2v) is 8.35. The van der Waals surface area contributed by atoms with Gasteiger partial charge in [-0.05, 0) is 24.3 Å². The smallest absolute Gasteiger partial charge is 0.286 e. The number of nitro groups is 1. The van der Waals surface area contributed by atoms with Crippen molar-refractivity contribution in [2.75, 3.05) is 30.6 Å². The molecule has 0 fully saturated rings. The summed E-state index contributed by atoms with van der Waals surface area (Å²) in [7, 11) is 2.66. The number of benzene rings is 2. The second-order valence-electron chi connectivity index (χ2n) is 6.15. The van der Waals surface area contributed by atoms with Gasteiger partial charge in [0.25, 0.3) is 11.6 Å². The SMILES string of the molecule is COc1cc(C(=O)Nc2nnc(SCC(=O)Nc3ccc(F)cc3)s2)c([N+](=O)[O-])cc1OC. The predicted octanol–water partition coefficient (Wildman–Crippen LogP) is 3.59. The third-order valence-electron chi connectivity index (χ3n) is 4.02. The van der Waals surface area contributed by atoms with Gasteiger partial charge in [0.05, 0.1) is 31.0 Å². The fourth-order valence-electron chi connectivity index (χ4n) is 2.54. The Balaban J connectivity index is 1.64. The highest BCUT2D eigenvalue weighted by Crippen LogP contribution is 2.35. The number of nitrogens with one attached hydrogen (secondary N) is 2. The van der Waals surface area contributed by atoms with Crippen molar-refractivity contribution in [3.8, 4) is 11.5 Å². The minimum atomic E-state index is -0.788. The van der Waals surface area contributed by atoms with Gasteiger partial charge >= 0.3 is 0 Å². The van der Waals surface area contributed by atoms with E-state index in [-0.39, 0.29) is 33.9 Å². The summed E-state index contributed by atoms with van der Waals surface area (Å²) < 4.78 is 23.5. The van der Waals surface area contributed by atoms with Crippen LogP contribution in [-0.2, 0) is 4.79 Å². The van der Waals surface area contributed by atoms with Crippen LogP contribution in [0.15, 0.2) is 40.7 Å². The number of carbonyl (C=O) groups is 2. The van der Waals surface area contributed by atoms with Crippen molar-refractivity contribution in [1.29, 1.82) is 0 Å². The first-order valence-corrected chi connectivity index (χ1v) is 10.8. The number of halogens is 1. The highest BCUT2D eigenvalue weighted by molar-refractivity contribution is 8.01. The number of thioether (sulfide) groups is 1. The maximum atomic E-state index is 12.9. The molecule has 3 rings (SSSR count). The van der Waals surface area contributed by atoms with E-state index >= 15 is 0 Å². The number of hydrogen-bond donors (Lipinski definition) is 2. The van der Waals surface area contributed by atoms with E-state index in [0.717, 1.165) is 29.2 Å². The van der Waals surface area contributed by atoms with Crippen molar-refractivity contribution in [2.45, 2.75) is 4.34 Å². The molecule has 172 valence electrons. The predicted molar refractivity (Wildman–Crippen MR) is 120 cm³/mol. The summed E-state index contributed by atoms with van der Waals surface area (Å²) in [6.07, 6.45) is 0. The molecule has 14 heteroatoms. The summed E-state index contributed by atoms with van der Waals surface area (Å²) in [6, 6.07) is 7.61. The van der Waals surface area contributed by atoms with E-state index in [4.69, 9.17) is 9.47 Å². The van der Waals surface area contributed by atoms with Crippen molar-refractivity contribution >= 4 is 51.4 Å². The molecule has 3 aromatic rings. The van der Waals surface area contributed by atoms with Gasteiger partial charge in [-0.2, -0.15) is 0 Å². The molecule has 0 aliphatic carbocycles. The normalized spacial score (nSPS) is 10.4. The Morgan fingerprint density at radius 2 is 1.79 bits per heavy atom. The van der Waals surface area contributed by atoms with Gasteiger partial charge in [-0.15, -0.1) is 10.2 Å². The van der Waals surface area contributed by atoms with Crippen LogP contribution in [0.4, 0.5) is 20.9 Å². The van der Waals surface area contributed by atoms with Crippen molar-refractivity contribution < 1.29 is 28.4 Å². The lowest BCUT2D eigenvalue weighted by molar-refractivity contribution is -0.385. The molecule has 2 N–H and O–H groups in total. The molecule has 1 heterocycles. The number of rotatable bonds is 9. The molecule has 0 radical (unpaired) electrons. The first-order chi connectivity index (χ1) is 15.8. The molecule has 0 aliphatic heterocycles. The highest BCUT2D eigenvalue weighted by atomic mass is 32.2. The molecule has 33 heavy (non-hydrogen) atoms. The number of nitrogens with zero attached hydrogens (tertiary/aromatic N) is 3. The van der Waals surface area contributed by atoms with Crippen LogP contribution in [0.1, 0.15) is 10.4 Å². The summed E-state index contributed by atoms with van der Waals surface area (Å²) >= 11 is 2.07. The van der Waals surface area contributed by atoms with Gasteiger partial charge in [0.2, 0.25) is 11.0 Å². The monoisotopic (exact) mass is 493 g/mol. The van der Waals surface area contributed by atoms with E-state index in [2.05, 4.69) is 20.8 Å². The Morgan fingerprint density at radius 1 is 1.12 bits per heavy atom. The molecule has 0 aliphatic rings. The van der Waals surface area contributed by atoms with Gasteiger partial charge in [-0.1, -0.05) is 23.1 Å². The van der Waals surface area contributed by atoms with Crippen molar-refractivity contribution in [2.24, 2.45) is 0 Å². The van der Waals surface area contributed by atoms with Gasteiger partial charge in [0, 0.05) is 11.8 Å². The number of aromatic nitrogens is 2. The van der Waals surface area contributed by atoms with E-state index < -0.39 is 22.3 Å². The van der Waals surface area contributed by atoms with E-state index in [1.165, 1.54) is 44.6 Å². The first kappa shape index (κ1) is 23.9. The van der Waals surface area contributed by atoms with Crippen molar-refractivity contribution in [3.63, 3.8) is 0 Å². The second kappa shape index (κ2) is 10.7. The molecule has 0 spiro atoms. The molecule has 0 atom stereocenters. The summed E-state index contributed by atoms with van der Waals surface area (Å²) in [4.78, 5) is 35.3. The molecule has 0 bridgehead atoms. The van der Waals surface area contributed by atoms with Gasteiger partial charge in [-0.25, -0.2) is 4.39 Å². The van der Waals surface area contributed by atoms with Gasteiger partial charge < -0.3 is 14.8 Å². The van der Waals surface area contributed by atoms with Crippen LogP contribution < -0.4 is 20.1 Å². The zero-order chi connectivity index (χ0) is 24.0. The van der Waals surface area contributed by atoms with Crippen LogP contribution in [0.5, 0.6) is 11.5 Å². The third kappa shape index (κ3) is 6.14. The van der Waals surface area contributed by atoms with E-state index in [9.17, 15) is 24.1 Å². The van der Waals surface area contributed by atoms with E-state index in [0.29, 0.717) is 10.0 Å². The summed E-state index contributed by atoms with van der Waals surface area (Å²) in [5.74, 6) is -1.29. The standard InChI is InChI=1S/C19H16FN5O6S2/c1-30-14-7-12(13(25(28)29)8-15(14)31-2)17(27)22-18-23-24-19(33-18)32-9-16(26)21-11-5-3-10(20)4-6-11/h3-8H,9H2,1-2H3,(H,21,26)(H,22,23,27). The zero-order valence-corrected chi connectivity index (χ0v) is 18.8. The first-order valence-electron chi connectivity index (χ1n) is 9.04. The lowest BCUT2D eigenvalue weighted by Gasteiger charge is -2.10. The Hall–Kier alpha value is -3.78. The molecular formula is C19H16FN5O6S2. The summed E-state index contributed by atoms with van der Waals surface area (Å²) in [5, 5.41) is 24.2. The van der Waals surface area contributed by atoms with Crippen LogP contribution in [0.3, 0.4) is 0 Å². The largest absolute Gasteiger partial charge is 0.493 e. The third-order valence-corrected chi connectivity index (χ3v) is 6.00. The maximum Gasteiger partial charge on any atom is 0.286 e. The molecule has 11 nitrogen and oxygen atoms in total. The van der Waals surface area contributed by atoms with Crippen LogP contribution in [0, 0.1) is 15.9 Å². The molecule has 1 aromatic heterocycles. The maximum absolute atomic E-state index is 12.9. The van der Waals surface area contributed by atoms with Crippen LogP contribution in [0.25, 0.3) is 0 Å². The number of anilines is 2. The molecular weight excluding hydrogens is 477 g/mol. The molecule has 2 amide bonds. The number of amides is 2. The fourth-order valence-corrected chi connectivity index (χ4v) is 4.09. The van der Waals surface area contributed by atoms with Gasteiger partial charge in [0.1, 0.15) is 11.4 Å². The number of carbonyl (C=O) groups excluding carboxylic acids is 2. The molecule has 2 aromatic carbocycles. The topological polar surface area (TPSA) is 146 Å². The Labute approximate surface area is 194 Å². The summed E-state index contributed by atoms with van der Waals surface area (Å²) in [5.41, 5.74) is -0.272. The minimum absolute atomic E-state index is 0.00110. The van der Waals surface area contributed by atoms with Crippen LogP contribution >= 0.6 is 23.1 Å². The number of nitro benzene ring substituents is 1. The van der Waals surface area contributed by atoms with Crippen molar-refractivity contribution in [3.05, 3.63) is 57.9 Å². The molecule has 0 saturated carbocycles. The van der Waals surface area contributed by atoms with Crippen LogP contribution in [-0.4, -0.2) is 46.9 Å². The lowest BCUT2D eigenvalue weighted by Crippen LogP contribution is -2.14. The Bertz CT molecular complexity index is 1190. The molecule has 0 unspecified atom stereocenters.